The maximum atomic E-state index is 12.5. The summed E-state index contributed by atoms with van der Waals surface area (Å²) in [4.78, 5) is 26.9. The van der Waals surface area contributed by atoms with Gasteiger partial charge < -0.3 is 0 Å². The summed E-state index contributed by atoms with van der Waals surface area (Å²) in [6, 6.07) is 7.29. The molecule has 20 heavy (non-hydrogen) atoms. The number of carbonyl (C=O) groups excluding carboxylic acids is 2. The quantitative estimate of drug-likeness (QED) is 0.466. The SMILES string of the molecule is O=C1[C@@H]2C[C@H](Br)[C@@H](Br)C[C@H]2C(=O)N1c1ccc(Br)cc1. The molecule has 2 fully saturated rings. The second-order valence-corrected chi connectivity index (χ2v) is 8.47. The van der Waals surface area contributed by atoms with E-state index in [0.29, 0.717) is 18.5 Å². The number of hydrogen-bond acceptors (Lipinski definition) is 2. The van der Waals surface area contributed by atoms with Crippen LogP contribution in [0.4, 0.5) is 5.69 Å². The predicted octanol–water partition coefficient (Wildman–Crippen LogP) is 3.88. The fraction of sp³-hybridized carbons (Fsp3) is 0.429. The summed E-state index contributed by atoms with van der Waals surface area (Å²) < 4.78 is 0.929. The van der Waals surface area contributed by atoms with Gasteiger partial charge in [-0.05, 0) is 37.1 Å². The second-order valence-electron chi connectivity index (χ2n) is 5.20. The monoisotopic (exact) mass is 463 g/mol. The summed E-state index contributed by atoms with van der Waals surface area (Å²) in [6.45, 7) is 0. The van der Waals surface area contributed by atoms with Crippen molar-refractivity contribution in [2.24, 2.45) is 11.8 Å². The van der Waals surface area contributed by atoms with Gasteiger partial charge in [-0.15, -0.1) is 0 Å². The maximum absolute atomic E-state index is 12.5. The molecule has 0 aromatic heterocycles. The van der Waals surface area contributed by atoms with Crippen LogP contribution in [0.5, 0.6) is 0 Å². The maximum Gasteiger partial charge on any atom is 0.237 e. The van der Waals surface area contributed by atoms with Gasteiger partial charge in [-0.3, -0.25) is 14.5 Å². The molecule has 1 saturated carbocycles. The molecule has 6 heteroatoms. The third kappa shape index (κ3) is 2.40. The number of halogens is 3. The Morgan fingerprint density at radius 3 is 1.80 bits per heavy atom. The van der Waals surface area contributed by atoms with Gasteiger partial charge in [-0.25, -0.2) is 0 Å². The summed E-state index contributed by atoms with van der Waals surface area (Å²) in [5, 5.41) is 0. The van der Waals surface area contributed by atoms with Crippen LogP contribution in [0.15, 0.2) is 28.7 Å². The first-order valence-corrected chi connectivity index (χ1v) is 9.03. The zero-order chi connectivity index (χ0) is 14.4. The highest BCUT2D eigenvalue weighted by molar-refractivity contribution is 9.12. The Bertz CT molecular complexity index is 532. The van der Waals surface area contributed by atoms with Crippen molar-refractivity contribution in [1.29, 1.82) is 0 Å². The van der Waals surface area contributed by atoms with E-state index >= 15 is 0 Å². The topological polar surface area (TPSA) is 37.4 Å². The van der Waals surface area contributed by atoms with Gasteiger partial charge in [-0.1, -0.05) is 47.8 Å². The van der Waals surface area contributed by atoms with Crippen molar-refractivity contribution in [3.05, 3.63) is 28.7 Å². The lowest BCUT2D eigenvalue weighted by Crippen LogP contribution is -2.34. The fourth-order valence-corrected chi connectivity index (χ4v) is 4.44. The van der Waals surface area contributed by atoms with Gasteiger partial charge in [0.25, 0.3) is 0 Å². The minimum Gasteiger partial charge on any atom is -0.274 e. The molecule has 1 aromatic rings. The number of imide groups is 1. The lowest BCUT2D eigenvalue weighted by molar-refractivity contribution is -0.122. The number of fused-ring (bicyclic) bond motifs is 1. The Labute approximate surface area is 142 Å². The van der Waals surface area contributed by atoms with Gasteiger partial charge in [0.2, 0.25) is 11.8 Å². The average Bonchev–Trinajstić information content (AvgIpc) is 2.65. The van der Waals surface area contributed by atoms with E-state index in [4.69, 9.17) is 0 Å². The first-order chi connectivity index (χ1) is 9.49. The van der Waals surface area contributed by atoms with Crippen LogP contribution in [0, 0.1) is 11.8 Å². The van der Waals surface area contributed by atoms with E-state index in [9.17, 15) is 9.59 Å². The van der Waals surface area contributed by atoms with Gasteiger partial charge in [0.15, 0.2) is 0 Å². The first-order valence-electron chi connectivity index (χ1n) is 6.40. The third-order valence-corrected chi connectivity index (χ3v) is 7.26. The van der Waals surface area contributed by atoms with Gasteiger partial charge in [-0.2, -0.15) is 0 Å². The van der Waals surface area contributed by atoms with E-state index in [2.05, 4.69) is 47.8 Å². The van der Waals surface area contributed by atoms with Gasteiger partial charge in [0, 0.05) is 14.1 Å². The van der Waals surface area contributed by atoms with Crippen LogP contribution in [0.2, 0.25) is 0 Å². The molecule has 0 N–H and O–H groups in total. The Hall–Kier alpha value is -0.200. The minimum absolute atomic E-state index is 0.0637. The van der Waals surface area contributed by atoms with E-state index in [1.807, 2.05) is 12.1 Å². The summed E-state index contributed by atoms with van der Waals surface area (Å²) in [5.41, 5.74) is 0.662. The predicted molar refractivity (Wildman–Crippen MR) is 88.3 cm³/mol. The molecule has 0 unspecified atom stereocenters. The molecule has 1 aliphatic heterocycles. The molecule has 3 nitrogen and oxygen atoms in total. The lowest BCUT2D eigenvalue weighted by atomic mass is 9.81. The van der Waals surface area contributed by atoms with Crippen LogP contribution in [0.25, 0.3) is 0 Å². The number of amides is 2. The van der Waals surface area contributed by atoms with E-state index in [1.54, 1.807) is 12.1 Å². The van der Waals surface area contributed by atoms with Crippen LogP contribution in [0.1, 0.15) is 12.8 Å². The third-order valence-electron chi connectivity index (χ3n) is 4.00. The summed E-state index contributed by atoms with van der Waals surface area (Å²) >= 11 is 10.5. The van der Waals surface area contributed by atoms with Gasteiger partial charge in [0.05, 0.1) is 17.5 Å². The molecule has 2 amide bonds. The number of alkyl halides is 2. The normalized spacial score (nSPS) is 33.5. The molecule has 1 heterocycles. The number of benzene rings is 1. The first kappa shape index (κ1) is 14.7. The number of anilines is 1. The summed E-state index contributed by atoms with van der Waals surface area (Å²) in [5.74, 6) is -0.508. The zero-order valence-electron chi connectivity index (χ0n) is 10.4. The van der Waals surface area contributed by atoms with Crippen molar-refractivity contribution in [1.82, 2.24) is 0 Å². The van der Waals surface area contributed by atoms with Crippen LogP contribution in [-0.2, 0) is 9.59 Å². The molecule has 1 aliphatic carbocycles. The fourth-order valence-electron chi connectivity index (χ4n) is 2.94. The molecule has 3 rings (SSSR count). The van der Waals surface area contributed by atoms with Crippen LogP contribution in [-0.4, -0.2) is 21.5 Å². The van der Waals surface area contributed by atoms with Crippen molar-refractivity contribution in [3.8, 4) is 0 Å². The Morgan fingerprint density at radius 2 is 1.35 bits per heavy atom. The molecule has 106 valence electrons. The second kappa shape index (κ2) is 5.54. The largest absolute Gasteiger partial charge is 0.274 e. The van der Waals surface area contributed by atoms with Gasteiger partial charge >= 0.3 is 0 Å². The molecular weight excluding hydrogens is 454 g/mol. The molecule has 1 aromatic carbocycles. The van der Waals surface area contributed by atoms with Crippen LogP contribution < -0.4 is 4.90 Å². The molecule has 1 saturated heterocycles. The lowest BCUT2D eigenvalue weighted by Gasteiger charge is -2.29. The summed E-state index contributed by atoms with van der Waals surface area (Å²) in [7, 11) is 0. The highest BCUT2D eigenvalue weighted by Crippen LogP contribution is 2.44. The van der Waals surface area contributed by atoms with Crippen molar-refractivity contribution in [3.63, 3.8) is 0 Å². The van der Waals surface area contributed by atoms with Crippen molar-refractivity contribution in [2.45, 2.75) is 22.5 Å². The molecule has 0 bridgehead atoms. The van der Waals surface area contributed by atoms with Gasteiger partial charge in [0.1, 0.15) is 0 Å². The standard InChI is InChI=1S/C14H12Br3NO2/c15-7-1-3-8(4-2-7)18-13(19)9-5-11(16)12(17)6-10(9)14(18)20/h1-4,9-12H,5-6H2/t9-,10-,11+,12+/m1/s1. The average molecular weight is 466 g/mol. The Kier molecular flexibility index (Phi) is 4.08. The van der Waals surface area contributed by atoms with E-state index in [-0.39, 0.29) is 33.3 Å². The van der Waals surface area contributed by atoms with E-state index in [0.717, 1.165) is 4.47 Å². The van der Waals surface area contributed by atoms with Crippen molar-refractivity contribution in [2.75, 3.05) is 4.90 Å². The number of rotatable bonds is 1. The molecule has 0 spiro atoms. The molecule has 4 atom stereocenters. The number of carbonyl (C=O) groups is 2. The zero-order valence-corrected chi connectivity index (χ0v) is 15.2. The van der Waals surface area contributed by atoms with Crippen LogP contribution >= 0.6 is 47.8 Å². The van der Waals surface area contributed by atoms with E-state index < -0.39 is 0 Å². The highest BCUT2D eigenvalue weighted by atomic mass is 79.9. The molecule has 2 aliphatic rings. The number of nitrogens with zero attached hydrogens (tertiary/aromatic N) is 1. The van der Waals surface area contributed by atoms with Crippen LogP contribution in [0.3, 0.4) is 0 Å². The molecule has 0 radical (unpaired) electrons. The van der Waals surface area contributed by atoms with Crippen molar-refractivity contribution < 1.29 is 9.59 Å². The highest BCUT2D eigenvalue weighted by Gasteiger charge is 2.52. The molecular formula is C14H12Br3NO2. The Balaban J connectivity index is 1.93. The summed E-state index contributed by atoms with van der Waals surface area (Å²) in [6.07, 6.45) is 1.41. The minimum atomic E-state index is -0.190. The van der Waals surface area contributed by atoms with Crippen molar-refractivity contribution >= 4 is 65.3 Å². The smallest absolute Gasteiger partial charge is 0.237 e. The van der Waals surface area contributed by atoms with E-state index in [1.165, 1.54) is 4.90 Å². The number of hydrogen-bond donors (Lipinski definition) is 0. The Morgan fingerprint density at radius 1 is 0.900 bits per heavy atom.